The lowest BCUT2D eigenvalue weighted by atomic mass is 10.0. The Labute approximate surface area is 180 Å². The lowest BCUT2D eigenvalue weighted by Crippen LogP contribution is -2.61. The summed E-state index contributed by atoms with van der Waals surface area (Å²) in [5.41, 5.74) is 1.35. The zero-order valence-corrected chi connectivity index (χ0v) is 17.5. The van der Waals surface area contributed by atoms with Crippen LogP contribution in [0.3, 0.4) is 0 Å². The summed E-state index contributed by atoms with van der Waals surface area (Å²) in [5.74, 6) is 0.603. The van der Waals surface area contributed by atoms with Gasteiger partial charge in [-0.1, -0.05) is 24.3 Å². The van der Waals surface area contributed by atoms with Crippen molar-refractivity contribution >= 4 is 17.7 Å². The Morgan fingerprint density at radius 1 is 1.10 bits per heavy atom. The number of benzene rings is 2. The summed E-state index contributed by atoms with van der Waals surface area (Å²) in [5, 5.41) is 5.78. The standard InChI is InChI=1S/C23H25N3O5/c1-30-16-9-7-14(8-10-16)11-18-23(29)26-13-15(12-19(26)22(28)25-18)24-21(27)17-5-3-4-6-20(17)31-2/h3-10,15,18-19H,11-13H2,1-2H3,(H,24,27)(H,25,28)/t15-,18-,19-/m0/s1. The average Bonchev–Trinajstić information content (AvgIpc) is 3.22. The molecule has 31 heavy (non-hydrogen) atoms. The highest BCUT2D eigenvalue weighted by Crippen LogP contribution is 2.25. The fraction of sp³-hybridized carbons (Fsp3) is 0.348. The third-order valence-electron chi connectivity index (χ3n) is 5.79. The van der Waals surface area contributed by atoms with Gasteiger partial charge in [0.05, 0.1) is 19.8 Å². The Kier molecular flexibility index (Phi) is 5.79. The number of amides is 3. The molecular formula is C23H25N3O5. The van der Waals surface area contributed by atoms with Crippen molar-refractivity contribution in [2.45, 2.75) is 31.0 Å². The number of hydrogen-bond donors (Lipinski definition) is 2. The van der Waals surface area contributed by atoms with Gasteiger partial charge in [-0.2, -0.15) is 0 Å². The van der Waals surface area contributed by atoms with Crippen LogP contribution in [-0.2, 0) is 16.0 Å². The fourth-order valence-corrected chi connectivity index (χ4v) is 4.19. The van der Waals surface area contributed by atoms with Gasteiger partial charge in [0.1, 0.15) is 23.6 Å². The van der Waals surface area contributed by atoms with Gasteiger partial charge in [-0.15, -0.1) is 0 Å². The molecule has 8 nitrogen and oxygen atoms in total. The fourth-order valence-electron chi connectivity index (χ4n) is 4.19. The Morgan fingerprint density at radius 3 is 2.55 bits per heavy atom. The van der Waals surface area contributed by atoms with Gasteiger partial charge in [-0.25, -0.2) is 0 Å². The SMILES string of the molecule is COc1ccc(C[C@@H]2NC(=O)[C@@H]3C[C@H](NC(=O)c4ccccc4OC)CN3C2=O)cc1. The molecule has 0 aliphatic carbocycles. The number of carbonyl (C=O) groups excluding carboxylic acids is 3. The summed E-state index contributed by atoms with van der Waals surface area (Å²) in [4.78, 5) is 40.0. The van der Waals surface area contributed by atoms with Crippen LogP contribution in [0.1, 0.15) is 22.3 Å². The first-order valence-electron chi connectivity index (χ1n) is 10.2. The molecule has 2 aliphatic heterocycles. The number of para-hydroxylation sites is 1. The van der Waals surface area contributed by atoms with Crippen molar-refractivity contribution in [1.29, 1.82) is 0 Å². The van der Waals surface area contributed by atoms with E-state index >= 15 is 0 Å². The van der Waals surface area contributed by atoms with Crippen molar-refractivity contribution in [3.05, 3.63) is 59.7 Å². The Bertz CT molecular complexity index is 991. The van der Waals surface area contributed by atoms with Crippen molar-refractivity contribution in [3.8, 4) is 11.5 Å². The van der Waals surface area contributed by atoms with E-state index in [4.69, 9.17) is 9.47 Å². The van der Waals surface area contributed by atoms with Gasteiger partial charge in [0.15, 0.2) is 0 Å². The molecule has 162 valence electrons. The zero-order chi connectivity index (χ0) is 22.0. The van der Waals surface area contributed by atoms with Crippen LogP contribution in [0.25, 0.3) is 0 Å². The number of piperazine rings is 1. The predicted octanol–water partition coefficient (Wildman–Crippen LogP) is 1.14. The number of nitrogens with one attached hydrogen (secondary N) is 2. The maximum absolute atomic E-state index is 13.0. The molecule has 2 aromatic rings. The Hall–Kier alpha value is -3.55. The molecule has 0 bridgehead atoms. The molecule has 2 saturated heterocycles. The number of carbonyl (C=O) groups is 3. The van der Waals surface area contributed by atoms with Crippen molar-refractivity contribution in [1.82, 2.24) is 15.5 Å². The topological polar surface area (TPSA) is 97.0 Å². The number of ether oxygens (including phenoxy) is 2. The van der Waals surface area contributed by atoms with E-state index in [-0.39, 0.29) is 23.8 Å². The van der Waals surface area contributed by atoms with E-state index in [0.717, 1.165) is 11.3 Å². The Morgan fingerprint density at radius 2 is 1.84 bits per heavy atom. The molecule has 2 aromatic carbocycles. The predicted molar refractivity (Wildman–Crippen MR) is 113 cm³/mol. The summed E-state index contributed by atoms with van der Waals surface area (Å²) < 4.78 is 10.4. The number of hydrogen-bond acceptors (Lipinski definition) is 5. The van der Waals surface area contributed by atoms with E-state index < -0.39 is 12.1 Å². The maximum Gasteiger partial charge on any atom is 0.255 e. The first kappa shape index (κ1) is 20.7. The molecule has 8 heteroatoms. The quantitative estimate of drug-likeness (QED) is 0.727. The first-order chi connectivity index (χ1) is 15.0. The molecule has 0 spiro atoms. The summed E-state index contributed by atoms with van der Waals surface area (Å²) in [7, 11) is 3.10. The average molecular weight is 423 g/mol. The van der Waals surface area contributed by atoms with Crippen LogP contribution in [0.2, 0.25) is 0 Å². The molecule has 2 aliphatic rings. The summed E-state index contributed by atoms with van der Waals surface area (Å²) in [6.07, 6.45) is 0.781. The third-order valence-corrected chi connectivity index (χ3v) is 5.79. The molecule has 0 aromatic heterocycles. The van der Waals surface area contributed by atoms with Crippen LogP contribution in [0.4, 0.5) is 0 Å². The molecule has 0 unspecified atom stereocenters. The van der Waals surface area contributed by atoms with E-state index in [1.165, 1.54) is 7.11 Å². The molecule has 2 heterocycles. The van der Waals surface area contributed by atoms with Gasteiger partial charge in [0.2, 0.25) is 11.8 Å². The van der Waals surface area contributed by atoms with E-state index in [1.54, 1.807) is 36.3 Å². The van der Waals surface area contributed by atoms with Gasteiger partial charge in [-0.3, -0.25) is 14.4 Å². The van der Waals surface area contributed by atoms with Crippen LogP contribution in [-0.4, -0.2) is 61.5 Å². The minimum absolute atomic E-state index is 0.130. The lowest BCUT2D eigenvalue weighted by molar-refractivity contribution is -0.147. The van der Waals surface area contributed by atoms with E-state index in [0.29, 0.717) is 30.7 Å². The van der Waals surface area contributed by atoms with Crippen molar-refractivity contribution in [2.75, 3.05) is 20.8 Å². The number of nitrogens with zero attached hydrogens (tertiary/aromatic N) is 1. The maximum atomic E-state index is 13.0. The van der Waals surface area contributed by atoms with Crippen molar-refractivity contribution in [2.24, 2.45) is 0 Å². The Balaban J connectivity index is 1.42. The van der Waals surface area contributed by atoms with Gasteiger partial charge < -0.3 is 25.0 Å². The molecule has 0 radical (unpaired) electrons. The second-order valence-electron chi connectivity index (χ2n) is 7.73. The van der Waals surface area contributed by atoms with Crippen molar-refractivity contribution < 1.29 is 23.9 Å². The second-order valence-corrected chi connectivity index (χ2v) is 7.73. The molecule has 2 N–H and O–H groups in total. The normalized spacial score (nSPS) is 22.5. The zero-order valence-electron chi connectivity index (χ0n) is 17.5. The second kappa shape index (κ2) is 8.67. The highest BCUT2D eigenvalue weighted by molar-refractivity contribution is 5.99. The minimum atomic E-state index is -0.624. The third kappa shape index (κ3) is 4.19. The van der Waals surface area contributed by atoms with Gasteiger partial charge in [0.25, 0.3) is 5.91 Å². The van der Waals surface area contributed by atoms with Crippen LogP contribution < -0.4 is 20.1 Å². The molecule has 0 saturated carbocycles. The van der Waals surface area contributed by atoms with Gasteiger partial charge in [-0.05, 0) is 36.2 Å². The smallest absolute Gasteiger partial charge is 0.255 e. The summed E-state index contributed by atoms with van der Waals surface area (Å²) >= 11 is 0. The molecule has 4 rings (SSSR count). The van der Waals surface area contributed by atoms with Gasteiger partial charge in [0, 0.05) is 19.0 Å². The van der Waals surface area contributed by atoms with Crippen LogP contribution in [0, 0.1) is 0 Å². The van der Waals surface area contributed by atoms with Gasteiger partial charge >= 0.3 is 0 Å². The van der Waals surface area contributed by atoms with E-state index in [9.17, 15) is 14.4 Å². The van der Waals surface area contributed by atoms with E-state index in [2.05, 4.69) is 10.6 Å². The van der Waals surface area contributed by atoms with Crippen LogP contribution in [0.5, 0.6) is 11.5 Å². The molecule has 3 amide bonds. The lowest BCUT2D eigenvalue weighted by Gasteiger charge is -2.34. The highest BCUT2D eigenvalue weighted by Gasteiger charge is 2.46. The largest absolute Gasteiger partial charge is 0.497 e. The molecular weight excluding hydrogens is 398 g/mol. The highest BCUT2D eigenvalue weighted by atomic mass is 16.5. The molecule has 3 atom stereocenters. The van der Waals surface area contributed by atoms with Crippen molar-refractivity contribution in [3.63, 3.8) is 0 Å². The summed E-state index contributed by atoms with van der Waals surface area (Å²) in [6, 6.07) is 12.9. The van der Waals surface area contributed by atoms with Crippen LogP contribution >= 0.6 is 0 Å². The number of methoxy groups -OCH3 is 2. The monoisotopic (exact) mass is 423 g/mol. The van der Waals surface area contributed by atoms with Crippen LogP contribution in [0.15, 0.2) is 48.5 Å². The molecule has 2 fully saturated rings. The first-order valence-corrected chi connectivity index (χ1v) is 10.2. The number of rotatable bonds is 6. The minimum Gasteiger partial charge on any atom is -0.497 e. The number of fused-ring (bicyclic) bond motifs is 1. The van der Waals surface area contributed by atoms with E-state index in [1.807, 2.05) is 24.3 Å². The summed E-state index contributed by atoms with van der Waals surface area (Å²) in [6.45, 7) is 0.303.